The molecule has 0 aromatic rings. The highest BCUT2D eigenvalue weighted by Crippen LogP contribution is 2.69. The smallest absolute Gasteiger partial charge is 0.226 e. The fraction of sp³-hybridized carbons (Fsp3) is 0.938. The summed E-state index contributed by atoms with van der Waals surface area (Å²) in [6, 6.07) is 0.598. The van der Waals surface area contributed by atoms with E-state index in [1.807, 2.05) is 0 Å². The summed E-state index contributed by atoms with van der Waals surface area (Å²) in [4.78, 5) is 28.4. The van der Waals surface area contributed by atoms with E-state index >= 15 is 0 Å². The molecular formula is C32H50N2O2. The summed E-state index contributed by atoms with van der Waals surface area (Å²) in [5, 5.41) is 7.32. The minimum atomic E-state index is -0.318. The van der Waals surface area contributed by atoms with E-state index in [2.05, 4.69) is 52.2 Å². The maximum atomic E-state index is 14.2. The summed E-state index contributed by atoms with van der Waals surface area (Å²) in [7, 11) is 0. The van der Waals surface area contributed by atoms with Crippen molar-refractivity contribution in [2.45, 2.75) is 131 Å². The van der Waals surface area contributed by atoms with Crippen LogP contribution in [0.5, 0.6) is 0 Å². The second kappa shape index (κ2) is 6.92. The van der Waals surface area contributed by atoms with Gasteiger partial charge in [-0.1, -0.05) is 41.5 Å². The number of carbonyl (C=O) groups is 2. The van der Waals surface area contributed by atoms with Gasteiger partial charge >= 0.3 is 0 Å². The van der Waals surface area contributed by atoms with E-state index in [4.69, 9.17) is 0 Å². The van der Waals surface area contributed by atoms with Crippen molar-refractivity contribution in [3.05, 3.63) is 0 Å². The molecule has 8 bridgehead atoms. The van der Waals surface area contributed by atoms with Crippen LogP contribution in [0.1, 0.15) is 119 Å². The minimum Gasteiger partial charge on any atom is -0.352 e. The molecule has 0 saturated heterocycles. The molecule has 2 N–H and O–H groups in total. The first-order valence-electron chi connectivity index (χ1n) is 15.4. The van der Waals surface area contributed by atoms with Gasteiger partial charge in [-0.15, -0.1) is 0 Å². The zero-order chi connectivity index (χ0) is 25.5. The molecule has 8 aliphatic rings. The molecule has 6 unspecified atom stereocenters. The van der Waals surface area contributed by atoms with Gasteiger partial charge in [-0.25, -0.2) is 0 Å². The van der Waals surface area contributed by atoms with Crippen molar-refractivity contribution in [2.24, 2.45) is 56.2 Å². The fourth-order valence-corrected chi connectivity index (χ4v) is 12.3. The van der Waals surface area contributed by atoms with Crippen LogP contribution < -0.4 is 10.6 Å². The first kappa shape index (κ1) is 24.0. The summed E-state index contributed by atoms with van der Waals surface area (Å²) in [5.74, 6) is 3.15. The van der Waals surface area contributed by atoms with Crippen molar-refractivity contribution < 1.29 is 9.59 Å². The molecule has 4 heteroatoms. The molecule has 8 aliphatic carbocycles. The Bertz CT molecular complexity index is 924. The number of hydrogen-bond acceptors (Lipinski definition) is 2. The molecule has 4 nitrogen and oxygen atoms in total. The lowest BCUT2D eigenvalue weighted by Gasteiger charge is -2.61. The highest BCUT2D eigenvalue weighted by Gasteiger charge is 2.67. The second-order valence-corrected chi connectivity index (χ2v) is 16.8. The number of hydrogen-bond donors (Lipinski definition) is 2. The minimum absolute atomic E-state index is 0.203. The normalized spacial score (nSPS) is 54.7. The zero-order valence-corrected chi connectivity index (χ0v) is 23.8. The van der Waals surface area contributed by atoms with Crippen molar-refractivity contribution in [3.8, 4) is 0 Å². The first-order chi connectivity index (χ1) is 16.7. The first-order valence-corrected chi connectivity index (χ1v) is 15.4. The topological polar surface area (TPSA) is 58.2 Å². The third-order valence-electron chi connectivity index (χ3n) is 15.2. The molecule has 200 valence electrons. The van der Waals surface area contributed by atoms with Gasteiger partial charge in [0.05, 0.1) is 10.8 Å². The molecule has 8 saturated carbocycles. The number of rotatable bonds is 4. The van der Waals surface area contributed by atoms with Crippen molar-refractivity contribution >= 4 is 11.8 Å². The summed E-state index contributed by atoms with van der Waals surface area (Å²) in [5.41, 5.74) is 0.378. The molecule has 2 amide bonds. The number of amides is 2. The van der Waals surface area contributed by atoms with Crippen LogP contribution in [0.2, 0.25) is 0 Å². The van der Waals surface area contributed by atoms with Crippen molar-refractivity contribution in [1.82, 2.24) is 10.6 Å². The highest BCUT2D eigenvalue weighted by molar-refractivity contribution is 5.88. The fourth-order valence-electron chi connectivity index (χ4n) is 12.3. The molecule has 36 heavy (non-hydrogen) atoms. The number of fused-ring (bicyclic) bond motifs is 4. The van der Waals surface area contributed by atoms with Gasteiger partial charge in [0.1, 0.15) is 0 Å². The third kappa shape index (κ3) is 2.73. The van der Waals surface area contributed by atoms with Crippen LogP contribution in [0.15, 0.2) is 0 Å². The second-order valence-electron chi connectivity index (χ2n) is 16.8. The molecule has 0 radical (unpaired) electrons. The molecule has 8 fully saturated rings. The van der Waals surface area contributed by atoms with Crippen LogP contribution in [0.4, 0.5) is 0 Å². The molecule has 0 aromatic carbocycles. The quantitative estimate of drug-likeness (QED) is 0.486. The monoisotopic (exact) mass is 494 g/mol. The van der Waals surface area contributed by atoms with E-state index in [1.165, 1.54) is 32.1 Å². The highest BCUT2D eigenvalue weighted by atomic mass is 16.2. The van der Waals surface area contributed by atoms with Crippen LogP contribution in [0, 0.1) is 56.2 Å². The molecule has 6 atom stereocenters. The Hall–Kier alpha value is -1.06. The Kier molecular flexibility index (Phi) is 4.62. The van der Waals surface area contributed by atoms with Crippen molar-refractivity contribution in [3.63, 3.8) is 0 Å². The third-order valence-corrected chi connectivity index (χ3v) is 15.2. The van der Waals surface area contributed by atoms with Gasteiger partial charge in [0.15, 0.2) is 0 Å². The van der Waals surface area contributed by atoms with Gasteiger partial charge < -0.3 is 10.6 Å². The van der Waals surface area contributed by atoms with E-state index < -0.39 is 0 Å². The molecule has 8 rings (SSSR count). The summed E-state index contributed by atoms with van der Waals surface area (Å²) in [6.07, 6.45) is 13.4. The number of nitrogens with one attached hydrogen (secondary N) is 2. The van der Waals surface area contributed by atoms with E-state index in [0.717, 1.165) is 56.8 Å². The van der Waals surface area contributed by atoms with E-state index in [1.54, 1.807) is 0 Å². The zero-order valence-electron chi connectivity index (χ0n) is 23.8. The predicted molar refractivity (Wildman–Crippen MR) is 142 cm³/mol. The lowest BCUT2D eigenvalue weighted by atomic mass is 9.43. The maximum Gasteiger partial charge on any atom is 0.226 e. The van der Waals surface area contributed by atoms with Gasteiger partial charge in [-0.05, 0) is 122 Å². The van der Waals surface area contributed by atoms with Gasteiger partial charge in [0.25, 0.3) is 0 Å². The molecule has 0 aliphatic heterocycles. The summed E-state index contributed by atoms with van der Waals surface area (Å²) >= 11 is 0. The van der Waals surface area contributed by atoms with Crippen LogP contribution in [-0.4, -0.2) is 23.9 Å². The van der Waals surface area contributed by atoms with Crippen molar-refractivity contribution in [2.75, 3.05) is 0 Å². The molecule has 0 heterocycles. The summed E-state index contributed by atoms with van der Waals surface area (Å²) < 4.78 is 0. The van der Waals surface area contributed by atoms with E-state index in [9.17, 15) is 9.59 Å². The lowest BCUT2D eigenvalue weighted by molar-refractivity contribution is -0.169. The van der Waals surface area contributed by atoms with Crippen LogP contribution >= 0.6 is 0 Å². The standard InChI is InChI=1S/C32H50N2O2/c1-27(2)21-7-9-29(27,5)23(12-21)33-25(35)31-14-19-11-20(15-31)17-32(16-19,18-31)26(36)34-24-13-22-8-10-30(24,6)28(22,3)4/h19-24H,7-18H2,1-6H3,(H,33,35)(H,34,36). The number of carbonyl (C=O) groups excluding carboxylic acids is 2. The average Bonchev–Trinajstić information content (AvgIpc) is 3.30. The van der Waals surface area contributed by atoms with Gasteiger partial charge in [-0.3, -0.25) is 9.59 Å². The predicted octanol–water partition coefficient (Wildman–Crippen LogP) is 6.24. The van der Waals surface area contributed by atoms with Gasteiger partial charge in [0, 0.05) is 12.1 Å². The van der Waals surface area contributed by atoms with Crippen LogP contribution in [-0.2, 0) is 9.59 Å². The Labute approximate surface area is 218 Å². The summed E-state index contributed by atoms with van der Waals surface area (Å²) in [6.45, 7) is 14.6. The van der Waals surface area contributed by atoms with Crippen molar-refractivity contribution in [1.29, 1.82) is 0 Å². The van der Waals surface area contributed by atoms with E-state index in [-0.39, 0.29) is 21.7 Å². The molecule has 0 spiro atoms. The Morgan fingerprint density at radius 1 is 0.611 bits per heavy atom. The Morgan fingerprint density at radius 2 is 1.00 bits per heavy atom. The SMILES string of the molecule is CC1(C)C2CCC1(C)C(NC(=O)C13CC4CC(C1)CC(C(=O)NC1CC5CCC1(C)C5(C)C)(C4)C3)C2. The molecular weight excluding hydrogens is 444 g/mol. The molecule has 0 aromatic heterocycles. The van der Waals surface area contributed by atoms with Crippen LogP contribution in [0.3, 0.4) is 0 Å². The Balaban J connectivity index is 1.12. The average molecular weight is 495 g/mol. The van der Waals surface area contributed by atoms with Gasteiger partial charge in [0.2, 0.25) is 11.8 Å². The van der Waals surface area contributed by atoms with Crippen LogP contribution in [0.25, 0.3) is 0 Å². The Morgan fingerprint density at radius 3 is 1.31 bits per heavy atom. The largest absolute Gasteiger partial charge is 0.352 e. The maximum absolute atomic E-state index is 14.2. The van der Waals surface area contributed by atoms with Gasteiger partial charge in [-0.2, -0.15) is 0 Å². The lowest BCUT2D eigenvalue weighted by Crippen LogP contribution is -2.64. The van der Waals surface area contributed by atoms with E-state index in [0.29, 0.717) is 46.6 Å².